The summed E-state index contributed by atoms with van der Waals surface area (Å²) in [6, 6.07) is 12.3. The van der Waals surface area contributed by atoms with Crippen molar-refractivity contribution < 1.29 is 0 Å². The summed E-state index contributed by atoms with van der Waals surface area (Å²) in [5.41, 5.74) is 2.14. The van der Waals surface area contributed by atoms with E-state index in [2.05, 4.69) is 39.9 Å². The van der Waals surface area contributed by atoms with Gasteiger partial charge in [0.1, 0.15) is 6.33 Å². The minimum atomic E-state index is 0.224. The second kappa shape index (κ2) is 6.34. The van der Waals surface area contributed by atoms with Crippen LogP contribution in [-0.4, -0.2) is 20.2 Å². The van der Waals surface area contributed by atoms with Crippen LogP contribution in [0.1, 0.15) is 23.4 Å². The lowest BCUT2D eigenvalue weighted by atomic mass is 10.1. The number of benzene rings is 1. The molecule has 0 fully saturated rings. The van der Waals surface area contributed by atoms with Crippen LogP contribution in [-0.2, 0) is 6.54 Å². The van der Waals surface area contributed by atoms with E-state index in [4.69, 9.17) is 11.6 Å². The van der Waals surface area contributed by atoms with E-state index in [-0.39, 0.29) is 6.04 Å². The zero-order valence-corrected chi connectivity index (χ0v) is 13.0. The average molecular weight is 320 g/mol. The summed E-state index contributed by atoms with van der Waals surface area (Å²) >= 11 is 7.54. The maximum atomic E-state index is 5.94. The van der Waals surface area contributed by atoms with E-state index in [9.17, 15) is 0 Å². The molecule has 0 aliphatic heterocycles. The van der Waals surface area contributed by atoms with Gasteiger partial charge in [-0.05, 0) is 47.2 Å². The number of tetrazole rings is 1. The molecule has 2 aromatic heterocycles. The van der Waals surface area contributed by atoms with Gasteiger partial charge in [0, 0.05) is 17.5 Å². The van der Waals surface area contributed by atoms with Crippen molar-refractivity contribution in [1.82, 2.24) is 25.5 Å². The van der Waals surface area contributed by atoms with E-state index in [0.29, 0.717) is 0 Å². The van der Waals surface area contributed by atoms with Gasteiger partial charge in [0.05, 0.1) is 10.0 Å². The molecule has 0 amide bonds. The van der Waals surface area contributed by atoms with Crippen LogP contribution < -0.4 is 5.32 Å². The summed E-state index contributed by atoms with van der Waals surface area (Å²) in [6.45, 7) is 2.93. The van der Waals surface area contributed by atoms with Crippen LogP contribution in [0.3, 0.4) is 0 Å². The van der Waals surface area contributed by atoms with Gasteiger partial charge in [-0.3, -0.25) is 0 Å². The van der Waals surface area contributed by atoms with Gasteiger partial charge in [-0.1, -0.05) is 23.7 Å². The number of rotatable bonds is 5. The summed E-state index contributed by atoms with van der Waals surface area (Å²) in [6.07, 6.45) is 1.59. The van der Waals surface area contributed by atoms with E-state index in [0.717, 1.165) is 16.6 Å². The predicted molar refractivity (Wildman–Crippen MR) is 83.7 cm³/mol. The predicted octanol–water partition coefficient (Wildman–Crippen LogP) is 3.23. The monoisotopic (exact) mass is 319 g/mol. The number of nitrogens with one attached hydrogen (secondary N) is 1. The minimum Gasteiger partial charge on any atom is -0.305 e. The molecule has 2 heterocycles. The molecule has 108 valence electrons. The van der Waals surface area contributed by atoms with Crippen LogP contribution in [0.4, 0.5) is 0 Å². The van der Waals surface area contributed by atoms with Crippen molar-refractivity contribution in [2.75, 3.05) is 0 Å². The highest BCUT2D eigenvalue weighted by Crippen LogP contribution is 2.22. The highest BCUT2D eigenvalue weighted by molar-refractivity contribution is 7.16. The maximum absolute atomic E-state index is 5.94. The van der Waals surface area contributed by atoms with E-state index >= 15 is 0 Å². The highest BCUT2D eigenvalue weighted by Gasteiger charge is 2.08. The second-order valence-electron chi connectivity index (χ2n) is 4.66. The molecule has 21 heavy (non-hydrogen) atoms. The highest BCUT2D eigenvalue weighted by atomic mass is 35.5. The van der Waals surface area contributed by atoms with Crippen molar-refractivity contribution >= 4 is 22.9 Å². The lowest BCUT2D eigenvalue weighted by Gasteiger charge is -2.14. The largest absolute Gasteiger partial charge is 0.305 e. The molecular weight excluding hydrogens is 306 g/mol. The summed E-state index contributed by atoms with van der Waals surface area (Å²) in [5, 5.41) is 14.7. The molecule has 0 saturated heterocycles. The summed E-state index contributed by atoms with van der Waals surface area (Å²) in [7, 11) is 0. The topological polar surface area (TPSA) is 55.6 Å². The maximum Gasteiger partial charge on any atom is 0.143 e. The fourth-order valence-electron chi connectivity index (χ4n) is 2.03. The van der Waals surface area contributed by atoms with Gasteiger partial charge in [-0.2, -0.15) is 0 Å². The van der Waals surface area contributed by atoms with Crippen molar-refractivity contribution in [3.8, 4) is 5.69 Å². The van der Waals surface area contributed by atoms with Crippen LogP contribution in [0, 0.1) is 0 Å². The second-order valence-corrected chi connectivity index (χ2v) is 6.46. The molecule has 0 saturated carbocycles. The van der Waals surface area contributed by atoms with Crippen LogP contribution >= 0.6 is 22.9 Å². The van der Waals surface area contributed by atoms with Gasteiger partial charge in [0.2, 0.25) is 0 Å². The van der Waals surface area contributed by atoms with Crippen molar-refractivity contribution in [3.63, 3.8) is 0 Å². The molecule has 3 aromatic rings. The molecule has 7 heteroatoms. The standard InChI is InChI=1S/C14H14ClN5S/c1-10(16-8-13-5-6-14(15)21-13)11-3-2-4-12(7-11)20-9-17-18-19-20/h2-7,9-10,16H,8H2,1H3. The smallest absolute Gasteiger partial charge is 0.143 e. The van der Waals surface area contributed by atoms with Crippen LogP contribution in [0.15, 0.2) is 42.7 Å². The number of halogens is 1. The van der Waals surface area contributed by atoms with E-state index < -0.39 is 0 Å². The molecule has 0 aliphatic rings. The molecule has 1 aromatic carbocycles. The number of thiophene rings is 1. The zero-order valence-electron chi connectivity index (χ0n) is 11.4. The zero-order chi connectivity index (χ0) is 14.7. The summed E-state index contributed by atoms with van der Waals surface area (Å²) in [4.78, 5) is 1.23. The number of hydrogen-bond donors (Lipinski definition) is 1. The first-order valence-corrected chi connectivity index (χ1v) is 7.73. The van der Waals surface area contributed by atoms with Gasteiger partial charge in [0.15, 0.2) is 0 Å². The van der Waals surface area contributed by atoms with Gasteiger partial charge in [-0.15, -0.1) is 16.4 Å². The third-order valence-electron chi connectivity index (χ3n) is 3.20. The Morgan fingerprint density at radius 2 is 2.24 bits per heavy atom. The molecule has 0 bridgehead atoms. The number of aromatic nitrogens is 4. The third-order valence-corrected chi connectivity index (χ3v) is 4.43. The Bertz CT molecular complexity index is 710. The molecule has 3 rings (SSSR count). The molecule has 5 nitrogen and oxygen atoms in total. The van der Waals surface area contributed by atoms with Crippen molar-refractivity contribution in [2.24, 2.45) is 0 Å². The Morgan fingerprint density at radius 1 is 1.33 bits per heavy atom. The first-order valence-electron chi connectivity index (χ1n) is 6.53. The Balaban J connectivity index is 1.69. The summed E-state index contributed by atoms with van der Waals surface area (Å²) < 4.78 is 2.47. The number of hydrogen-bond acceptors (Lipinski definition) is 5. The molecule has 1 unspecified atom stereocenters. The van der Waals surface area contributed by atoms with E-state index in [1.165, 1.54) is 10.4 Å². The fraction of sp³-hybridized carbons (Fsp3) is 0.214. The Labute approximate surface area is 131 Å². The van der Waals surface area contributed by atoms with Crippen molar-refractivity contribution in [2.45, 2.75) is 19.5 Å². The van der Waals surface area contributed by atoms with E-state index in [1.54, 1.807) is 22.3 Å². The first-order chi connectivity index (χ1) is 10.2. The third kappa shape index (κ3) is 3.47. The van der Waals surface area contributed by atoms with Crippen LogP contribution in [0.2, 0.25) is 4.34 Å². The Hall–Kier alpha value is -1.76. The minimum absolute atomic E-state index is 0.224. The van der Waals surface area contributed by atoms with Gasteiger partial charge >= 0.3 is 0 Å². The molecular formula is C14H14ClN5S. The molecule has 0 aliphatic carbocycles. The number of nitrogens with zero attached hydrogens (tertiary/aromatic N) is 4. The lowest BCUT2D eigenvalue weighted by molar-refractivity contribution is 0.578. The SMILES string of the molecule is CC(NCc1ccc(Cl)s1)c1cccc(-n2cnnn2)c1. The van der Waals surface area contributed by atoms with Gasteiger partial charge in [0.25, 0.3) is 0 Å². The molecule has 0 spiro atoms. The normalized spacial score (nSPS) is 12.5. The van der Waals surface area contributed by atoms with Crippen LogP contribution in [0.25, 0.3) is 5.69 Å². The van der Waals surface area contributed by atoms with Gasteiger partial charge < -0.3 is 5.32 Å². The van der Waals surface area contributed by atoms with Crippen molar-refractivity contribution in [1.29, 1.82) is 0 Å². The molecule has 1 N–H and O–H groups in total. The van der Waals surface area contributed by atoms with Crippen molar-refractivity contribution in [3.05, 3.63) is 57.5 Å². The Kier molecular flexibility index (Phi) is 4.28. The quantitative estimate of drug-likeness (QED) is 0.784. The fourth-order valence-corrected chi connectivity index (χ4v) is 3.07. The van der Waals surface area contributed by atoms with Gasteiger partial charge in [-0.25, -0.2) is 4.68 Å². The first kappa shape index (κ1) is 14.2. The van der Waals surface area contributed by atoms with E-state index in [1.807, 2.05) is 24.3 Å². The summed E-state index contributed by atoms with van der Waals surface area (Å²) in [5.74, 6) is 0. The molecule has 1 atom stereocenters. The van der Waals surface area contributed by atoms with Crippen LogP contribution in [0.5, 0.6) is 0 Å². The molecule has 0 radical (unpaired) electrons. The Morgan fingerprint density at radius 3 is 2.95 bits per heavy atom. The average Bonchev–Trinajstić information content (AvgIpc) is 3.16. The lowest BCUT2D eigenvalue weighted by Crippen LogP contribution is -2.17.